The molecule has 0 heterocycles. The largest absolute Gasteiger partial charge is 0.458 e. The number of benzene rings is 1. The molecule has 5 heteroatoms. The molecule has 0 aliphatic carbocycles. The molecule has 0 unspecified atom stereocenters. The van der Waals surface area contributed by atoms with Crippen LogP contribution in [0.2, 0.25) is 0 Å². The van der Waals surface area contributed by atoms with Crippen molar-refractivity contribution in [3.63, 3.8) is 0 Å². The molecular weight excluding hydrogens is 221 g/mol. The van der Waals surface area contributed by atoms with Crippen molar-refractivity contribution in [2.45, 2.75) is 12.8 Å². The summed E-state index contributed by atoms with van der Waals surface area (Å²) < 4.78 is 39.7. The van der Waals surface area contributed by atoms with Gasteiger partial charge in [0, 0.05) is 12.2 Å². The Balaban J connectivity index is 2.40. The summed E-state index contributed by atoms with van der Waals surface area (Å²) in [6.07, 6.45) is -4.28. The van der Waals surface area contributed by atoms with Crippen molar-refractivity contribution in [1.29, 1.82) is 0 Å². The van der Waals surface area contributed by atoms with Gasteiger partial charge in [-0.2, -0.15) is 13.2 Å². The molecular formula is C11H9F3O2. The molecule has 86 valence electrons. The topological polar surface area (TPSA) is 26.3 Å². The Hall–Kier alpha value is -1.78. The van der Waals surface area contributed by atoms with E-state index in [-0.39, 0.29) is 12.7 Å². The van der Waals surface area contributed by atoms with E-state index < -0.39 is 12.1 Å². The van der Waals surface area contributed by atoms with E-state index >= 15 is 0 Å². The lowest BCUT2D eigenvalue weighted by Gasteiger charge is -2.02. The van der Waals surface area contributed by atoms with E-state index in [9.17, 15) is 18.0 Å². The van der Waals surface area contributed by atoms with Gasteiger partial charge in [0.1, 0.15) is 6.61 Å². The molecule has 0 N–H and O–H groups in total. The van der Waals surface area contributed by atoms with Crippen molar-refractivity contribution < 1.29 is 22.7 Å². The number of allylic oxidation sites excluding steroid dienone is 1. The van der Waals surface area contributed by atoms with Crippen molar-refractivity contribution in [2.24, 2.45) is 0 Å². The van der Waals surface area contributed by atoms with E-state index in [2.05, 4.69) is 4.74 Å². The van der Waals surface area contributed by atoms with Gasteiger partial charge in [-0.3, -0.25) is 0 Å². The Kier molecular flexibility index (Phi) is 4.10. The lowest BCUT2D eigenvalue weighted by Crippen LogP contribution is -2.05. The van der Waals surface area contributed by atoms with Crippen LogP contribution in [0.4, 0.5) is 13.2 Å². The highest BCUT2D eigenvalue weighted by Gasteiger charge is 2.22. The molecule has 1 rings (SSSR count). The molecule has 0 fully saturated rings. The number of ether oxygens (including phenoxy) is 1. The zero-order valence-corrected chi connectivity index (χ0v) is 8.20. The summed E-state index contributed by atoms with van der Waals surface area (Å²) in [6, 6.07) is 8.69. The Labute approximate surface area is 90.3 Å². The van der Waals surface area contributed by atoms with Gasteiger partial charge in [0.25, 0.3) is 0 Å². The molecule has 0 saturated heterocycles. The van der Waals surface area contributed by atoms with Gasteiger partial charge in [0.05, 0.1) is 0 Å². The standard InChI is InChI=1S/C11H9F3O2/c12-11(13,14)7-6-10(15)16-8-9-4-2-1-3-5-9/h1-7H,8H2/b7-6-. The quantitative estimate of drug-likeness (QED) is 0.589. The zero-order chi connectivity index (χ0) is 12.0. The first-order valence-electron chi connectivity index (χ1n) is 4.44. The molecule has 16 heavy (non-hydrogen) atoms. The van der Waals surface area contributed by atoms with Gasteiger partial charge in [-0.25, -0.2) is 4.79 Å². The highest BCUT2D eigenvalue weighted by atomic mass is 19.4. The number of hydrogen-bond acceptors (Lipinski definition) is 2. The fourth-order valence-corrected chi connectivity index (χ4v) is 0.939. The van der Waals surface area contributed by atoms with Crippen LogP contribution in [-0.2, 0) is 16.1 Å². The first-order valence-corrected chi connectivity index (χ1v) is 4.44. The lowest BCUT2D eigenvalue weighted by atomic mass is 10.2. The first-order chi connectivity index (χ1) is 7.47. The van der Waals surface area contributed by atoms with Crippen molar-refractivity contribution in [3.8, 4) is 0 Å². The maximum Gasteiger partial charge on any atom is 0.410 e. The maximum atomic E-state index is 11.7. The minimum Gasteiger partial charge on any atom is -0.458 e. The molecule has 0 bridgehead atoms. The van der Waals surface area contributed by atoms with Gasteiger partial charge < -0.3 is 4.74 Å². The smallest absolute Gasteiger partial charge is 0.410 e. The average Bonchev–Trinajstić information content (AvgIpc) is 2.24. The molecule has 0 aliphatic rings. The number of carbonyl (C=O) groups is 1. The number of esters is 1. The Bertz CT molecular complexity index is 369. The van der Waals surface area contributed by atoms with Gasteiger partial charge in [0.15, 0.2) is 0 Å². The molecule has 1 aromatic carbocycles. The fraction of sp³-hybridized carbons (Fsp3) is 0.182. The van der Waals surface area contributed by atoms with Crippen LogP contribution in [0.15, 0.2) is 42.5 Å². The Morgan fingerprint density at radius 1 is 1.25 bits per heavy atom. The monoisotopic (exact) mass is 230 g/mol. The molecule has 0 amide bonds. The minimum atomic E-state index is -4.49. The summed E-state index contributed by atoms with van der Waals surface area (Å²) in [5.74, 6) is -1.01. The highest BCUT2D eigenvalue weighted by Crippen LogP contribution is 2.15. The van der Waals surface area contributed by atoms with Gasteiger partial charge in [0.2, 0.25) is 0 Å². The molecule has 2 nitrogen and oxygen atoms in total. The highest BCUT2D eigenvalue weighted by molar-refractivity contribution is 5.82. The number of rotatable bonds is 3. The average molecular weight is 230 g/mol. The minimum absolute atomic E-state index is 0.0398. The van der Waals surface area contributed by atoms with E-state index in [0.717, 1.165) is 5.56 Å². The molecule has 0 aromatic heterocycles. The summed E-state index contributed by atoms with van der Waals surface area (Å²) in [5.41, 5.74) is 0.719. The van der Waals surface area contributed by atoms with Crippen LogP contribution < -0.4 is 0 Å². The van der Waals surface area contributed by atoms with Crippen molar-refractivity contribution >= 4 is 5.97 Å². The predicted molar refractivity (Wildman–Crippen MR) is 51.4 cm³/mol. The number of hydrogen-bond donors (Lipinski definition) is 0. The third-order valence-corrected chi connectivity index (χ3v) is 1.63. The predicted octanol–water partition coefficient (Wildman–Crippen LogP) is 2.85. The summed E-state index contributed by atoms with van der Waals surface area (Å²) >= 11 is 0. The number of halogens is 3. The van der Waals surface area contributed by atoms with E-state index in [1.54, 1.807) is 30.3 Å². The second-order valence-corrected chi connectivity index (χ2v) is 2.97. The van der Waals surface area contributed by atoms with E-state index in [1.165, 1.54) is 0 Å². The normalized spacial score (nSPS) is 11.7. The van der Waals surface area contributed by atoms with Crippen LogP contribution in [0.5, 0.6) is 0 Å². The van der Waals surface area contributed by atoms with Crippen molar-refractivity contribution in [2.75, 3.05) is 0 Å². The van der Waals surface area contributed by atoms with Gasteiger partial charge >= 0.3 is 12.1 Å². The summed E-state index contributed by atoms with van der Waals surface area (Å²) in [4.78, 5) is 10.9. The van der Waals surface area contributed by atoms with E-state index in [1.807, 2.05) is 0 Å². The van der Waals surface area contributed by atoms with Crippen LogP contribution >= 0.6 is 0 Å². The first kappa shape index (κ1) is 12.3. The SMILES string of the molecule is O=C(/C=C\C(F)(F)F)OCc1ccccc1. The maximum absolute atomic E-state index is 11.7. The molecule has 0 saturated carbocycles. The zero-order valence-electron chi connectivity index (χ0n) is 8.20. The van der Waals surface area contributed by atoms with Gasteiger partial charge in [-0.05, 0) is 5.56 Å². The Morgan fingerprint density at radius 2 is 1.88 bits per heavy atom. The van der Waals surface area contributed by atoms with Crippen LogP contribution in [0.3, 0.4) is 0 Å². The second kappa shape index (κ2) is 5.34. The van der Waals surface area contributed by atoms with E-state index in [4.69, 9.17) is 0 Å². The van der Waals surface area contributed by atoms with Crippen LogP contribution in [0.25, 0.3) is 0 Å². The lowest BCUT2D eigenvalue weighted by molar-refractivity contribution is -0.139. The van der Waals surface area contributed by atoms with Crippen molar-refractivity contribution in [1.82, 2.24) is 0 Å². The molecule has 0 radical (unpaired) electrons. The molecule has 0 aliphatic heterocycles. The summed E-state index contributed by atoms with van der Waals surface area (Å²) in [5, 5.41) is 0. The summed E-state index contributed by atoms with van der Waals surface area (Å²) in [7, 11) is 0. The molecule has 1 aromatic rings. The van der Waals surface area contributed by atoms with Crippen molar-refractivity contribution in [3.05, 3.63) is 48.0 Å². The fourth-order valence-electron chi connectivity index (χ4n) is 0.939. The summed E-state index contributed by atoms with van der Waals surface area (Å²) in [6.45, 7) is -0.0398. The third kappa shape index (κ3) is 5.19. The second-order valence-electron chi connectivity index (χ2n) is 2.97. The van der Waals surface area contributed by atoms with Crippen LogP contribution in [0, 0.1) is 0 Å². The van der Waals surface area contributed by atoms with Gasteiger partial charge in [-0.1, -0.05) is 30.3 Å². The molecule has 0 spiro atoms. The van der Waals surface area contributed by atoms with Crippen LogP contribution in [-0.4, -0.2) is 12.1 Å². The number of alkyl halides is 3. The van der Waals surface area contributed by atoms with Crippen LogP contribution in [0.1, 0.15) is 5.56 Å². The van der Waals surface area contributed by atoms with Gasteiger partial charge in [-0.15, -0.1) is 0 Å². The third-order valence-electron chi connectivity index (χ3n) is 1.63. The number of carbonyl (C=O) groups excluding carboxylic acids is 1. The Morgan fingerprint density at radius 3 is 2.44 bits per heavy atom. The molecule has 0 atom stereocenters. The van der Waals surface area contributed by atoms with E-state index in [0.29, 0.717) is 6.08 Å².